The molecule has 162 valence electrons. The average Bonchev–Trinajstić information content (AvgIpc) is 2.85. The maximum Gasteiger partial charge on any atom is 0.325 e. The quantitative estimate of drug-likeness (QED) is 0.349. The SMILES string of the molecule is CC(Oc1ccccn1)C(COc1ccccn1)(Oc1ccccn1)Oc1ccccn1. The highest BCUT2D eigenvalue weighted by atomic mass is 16.7. The van der Waals surface area contributed by atoms with Crippen LogP contribution in [0, 0.1) is 0 Å². The fraction of sp³-hybridized carbons (Fsp3) is 0.167. The van der Waals surface area contributed by atoms with E-state index in [0.717, 1.165) is 0 Å². The zero-order valence-corrected chi connectivity index (χ0v) is 17.4. The van der Waals surface area contributed by atoms with Crippen LogP contribution in [0.4, 0.5) is 0 Å². The van der Waals surface area contributed by atoms with Crippen molar-refractivity contribution < 1.29 is 18.9 Å². The Hall–Kier alpha value is -4.20. The fourth-order valence-corrected chi connectivity index (χ4v) is 2.83. The lowest BCUT2D eigenvalue weighted by Gasteiger charge is -2.37. The van der Waals surface area contributed by atoms with Crippen molar-refractivity contribution in [3.05, 3.63) is 97.6 Å². The summed E-state index contributed by atoms with van der Waals surface area (Å²) in [6.07, 6.45) is 5.86. The van der Waals surface area contributed by atoms with Gasteiger partial charge in [0.2, 0.25) is 23.5 Å². The smallest absolute Gasteiger partial charge is 0.325 e. The van der Waals surface area contributed by atoms with E-state index in [4.69, 9.17) is 18.9 Å². The zero-order chi connectivity index (χ0) is 22.1. The molecule has 0 N–H and O–H groups in total. The van der Waals surface area contributed by atoms with Crippen LogP contribution < -0.4 is 18.9 Å². The summed E-state index contributed by atoms with van der Waals surface area (Å²) in [5.41, 5.74) is 0. The first-order valence-corrected chi connectivity index (χ1v) is 10.1. The standard InChI is InChI=1S/C24H22N4O4/c1-19(30-21-11-3-7-15-26-21)24(31-22-12-4-8-16-27-22,32-23-13-5-9-17-28-23)18-29-20-10-2-6-14-25-20/h2-17,19H,18H2,1H3. The number of pyridine rings is 4. The van der Waals surface area contributed by atoms with Crippen LogP contribution in [0.1, 0.15) is 6.92 Å². The molecule has 0 saturated heterocycles. The van der Waals surface area contributed by atoms with E-state index >= 15 is 0 Å². The topological polar surface area (TPSA) is 88.5 Å². The van der Waals surface area contributed by atoms with E-state index < -0.39 is 11.9 Å². The molecule has 8 nitrogen and oxygen atoms in total. The van der Waals surface area contributed by atoms with Crippen LogP contribution >= 0.6 is 0 Å². The highest BCUT2D eigenvalue weighted by molar-refractivity contribution is 5.17. The Bertz CT molecular complexity index is 1030. The maximum atomic E-state index is 6.28. The van der Waals surface area contributed by atoms with Gasteiger partial charge < -0.3 is 18.9 Å². The van der Waals surface area contributed by atoms with Gasteiger partial charge in [-0.25, -0.2) is 19.9 Å². The second-order valence-corrected chi connectivity index (χ2v) is 6.74. The van der Waals surface area contributed by atoms with Gasteiger partial charge in [0, 0.05) is 49.1 Å². The highest BCUT2D eigenvalue weighted by Gasteiger charge is 2.46. The molecule has 0 spiro atoms. The molecular weight excluding hydrogens is 408 g/mol. The van der Waals surface area contributed by atoms with Crippen LogP contribution in [0.3, 0.4) is 0 Å². The van der Waals surface area contributed by atoms with E-state index in [1.54, 1.807) is 61.2 Å². The summed E-state index contributed by atoms with van der Waals surface area (Å²) in [7, 11) is 0. The highest BCUT2D eigenvalue weighted by Crippen LogP contribution is 2.27. The van der Waals surface area contributed by atoms with Gasteiger partial charge >= 0.3 is 5.79 Å². The Balaban J connectivity index is 1.69. The minimum absolute atomic E-state index is 0.0643. The monoisotopic (exact) mass is 430 g/mol. The lowest BCUT2D eigenvalue weighted by atomic mass is 10.1. The summed E-state index contributed by atoms with van der Waals surface area (Å²) in [4.78, 5) is 17.0. The maximum absolute atomic E-state index is 6.28. The lowest BCUT2D eigenvalue weighted by molar-refractivity contribution is -0.194. The molecule has 4 aromatic rings. The molecule has 8 heteroatoms. The van der Waals surface area contributed by atoms with Gasteiger partial charge in [-0.1, -0.05) is 24.3 Å². The molecule has 0 amide bonds. The van der Waals surface area contributed by atoms with Gasteiger partial charge in [-0.15, -0.1) is 0 Å². The van der Waals surface area contributed by atoms with Crippen LogP contribution in [-0.2, 0) is 0 Å². The van der Waals surface area contributed by atoms with Crippen molar-refractivity contribution in [3.63, 3.8) is 0 Å². The van der Waals surface area contributed by atoms with Crippen LogP contribution in [0.25, 0.3) is 0 Å². The number of ether oxygens (including phenoxy) is 4. The molecule has 4 aromatic heterocycles. The van der Waals surface area contributed by atoms with E-state index in [1.807, 2.05) is 43.3 Å². The minimum atomic E-state index is -1.47. The van der Waals surface area contributed by atoms with Crippen molar-refractivity contribution >= 4 is 0 Å². The third-order valence-electron chi connectivity index (χ3n) is 4.44. The van der Waals surface area contributed by atoms with E-state index in [1.165, 1.54) is 0 Å². The van der Waals surface area contributed by atoms with E-state index in [9.17, 15) is 0 Å². The summed E-state index contributed by atoms with van der Waals surface area (Å²) < 4.78 is 24.6. The van der Waals surface area contributed by atoms with E-state index in [2.05, 4.69) is 19.9 Å². The molecule has 32 heavy (non-hydrogen) atoms. The molecule has 4 heterocycles. The van der Waals surface area contributed by atoms with Crippen molar-refractivity contribution in [1.82, 2.24) is 19.9 Å². The second-order valence-electron chi connectivity index (χ2n) is 6.74. The Morgan fingerprint density at radius 3 is 1.50 bits per heavy atom. The number of rotatable bonds is 10. The largest absolute Gasteiger partial charge is 0.469 e. The first-order valence-electron chi connectivity index (χ1n) is 10.1. The van der Waals surface area contributed by atoms with Gasteiger partial charge in [0.1, 0.15) is 0 Å². The first kappa shape index (κ1) is 21.0. The Kier molecular flexibility index (Phi) is 6.72. The van der Waals surface area contributed by atoms with Crippen molar-refractivity contribution in [2.45, 2.75) is 18.8 Å². The Labute approximate surface area is 185 Å². The van der Waals surface area contributed by atoms with E-state index in [-0.39, 0.29) is 6.61 Å². The van der Waals surface area contributed by atoms with Crippen molar-refractivity contribution in [2.24, 2.45) is 0 Å². The van der Waals surface area contributed by atoms with Gasteiger partial charge in [0.25, 0.3) is 0 Å². The third kappa shape index (κ3) is 5.48. The molecule has 1 unspecified atom stereocenters. The van der Waals surface area contributed by atoms with Crippen molar-refractivity contribution in [2.75, 3.05) is 6.61 Å². The summed E-state index contributed by atoms with van der Waals surface area (Å²) >= 11 is 0. The van der Waals surface area contributed by atoms with Crippen LogP contribution in [0.5, 0.6) is 23.5 Å². The molecule has 0 aliphatic carbocycles. The van der Waals surface area contributed by atoms with Gasteiger partial charge in [-0.05, 0) is 31.2 Å². The molecule has 0 fully saturated rings. The minimum Gasteiger partial charge on any atom is -0.469 e. The fourth-order valence-electron chi connectivity index (χ4n) is 2.83. The summed E-state index contributed by atoms with van der Waals surface area (Å²) in [6.45, 7) is 1.74. The molecule has 4 rings (SSSR count). The van der Waals surface area contributed by atoms with Gasteiger partial charge in [-0.3, -0.25) is 0 Å². The van der Waals surface area contributed by atoms with Gasteiger partial charge in [0.15, 0.2) is 12.7 Å². The normalized spacial score (nSPS) is 11.9. The average molecular weight is 430 g/mol. The summed E-state index contributed by atoms with van der Waals surface area (Å²) in [5, 5.41) is 0. The summed E-state index contributed by atoms with van der Waals surface area (Å²) in [5.74, 6) is 0.0271. The van der Waals surface area contributed by atoms with Crippen molar-refractivity contribution in [1.29, 1.82) is 0 Å². The van der Waals surface area contributed by atoms with E-state index in [0.29, 0.717) is 23.5 Å². The molecule has 0 aromatic carbocycles. The van der Waals surface area contributed by atoms with Crippen molar-refractivity contribution in [3.8, 4) is 23.5 Å². The van der Waals surface area contributed by atoms with Gasteiger partial charge in [-0.2, -0.15) is 0 Å². The molecule has 0 bridgehead atoms. The first-order chi connectivity index (χ1) is 15.7. The molecule has 0 saturated carbocycles. The number of hydrogen-bond acceptors (Lipinski definition) is 8. The molecule has 0 aliphatic heterocycles. The molecular formula is C24H22N4O4. The summed E-state index contributed by atoms with van der Waals surface area (Å²) in [6, 6.07) is 21.5. The Morgan fingerprint density at radius 2 is 1.06 bits per heavy atom. The molecule has 1 atom stereocenters. The molecule has 0 radical (unpaired) electrons. The third-order valence-corrected chi connectivity index (χ3v) is 4.44. The molecule has 0 aliphatic rings. The zero-order valence-electron chi connectivity index (χ0n) is 17.4. The predicted octanol–water partition coefficient (Wildman–Crippen LogP) is 3.97. The number of nitrogens with zero attached hydrogens (tertiary/aromatic N) is 4. The second kappa shape index (κ2) is 10.2. The van der Waals surface area contributed by atoms with Gasteiger partial charge in [0.05, 0.1) is 0 Å². The van der Waals surface area contributed by atoms with Crippen LogP contribution in [0.15, 0.2) is 97.6 Å². The van der Waals surface area contributed by atoms with Crippen LogP contribution in [0.2, 0.25) is 0 Å². The Morgan fingerprint density at radius 1 is 0.625 bits per heavy atom. The van der Waals surface area contributed by atoms with Crippen LogP contribution in [-0.4, -0.2) is 38.4 Å². The number of hydrogen-bond donors (Lipinski definition) is 0. The lowest BCUT2D eigenvalue weighted by Crippen LogP contribution is -2.58. The number of aromatic nitrogens is 4. The predicted molar refractivity (Wildman–Crippen MR) is 117 cm³/mol.